The van der Waals surface area contributed by atoms with Gasteiger partial charge in [-0.25, -0.2) is 4.98 Å². The number of carbonyl (C=O) groups excluding carboxylic acids is 1. The molecule has 0 aromatic carbocycles. The van der Waals surface area contributed by atoms with Gasteiger partial charge < -0.3 is 15.5 Å². The van der Waals surface area contributed by atoms with Crippen LogP contribution in [0.3, 0.4) is 0 Å². The van der Waals surface area contributed by atoms with Crippen LogP contribution >= 0.6 is 12.4 Å². The number of imidazole rings is 1. The highest BCUT2D eigenvalue weighted by Gasteiger charge is 2.12. The molecule has 0 aliphatic carbocycles. The van der Waals surface area contributed by atoms with Gasteiger partial charge in [-0.05, 0) is 25.0 Å². The third-order valence-corrected chi connectivity index (χ3v) is 3.11. The van der Waals surface area contributed by atoms with E-state index in [9.17, 15) is 4.79 Å². The molecule has 1 atom stereocenters. The molecule has 1 amide bonds. The summed E-state index contributed by atoms with van der Waals surface area (Å²) in [5.41, 5.74) is 8.63. The van der Waals surface area contributed by atoms with Crippen LogP contribution in [0.4, 0.5) is 0 Å². The number of rotatable bonds is 5. The number of pyridine rings is 1. The van der Waals surface area contributed by atoms with Crippen LogP contribution in [-0.4, -0.2) is 21.3 Å². The number of aryl methyl sites for hydroxylation is 1. The van der Waals surface area contributed by atoms with Gasteiger partial charge in [0.2, 0.25) is 5.91 Å². The molecule has 2 aromatic rings. The third-order valence-electron chi connectivity index (χ3n) is 3.11. The lowest BCUT2D eigenvalue weighted by molar-refractivity contribution is -0.122. The SMILES string of the molecule is CCCC(N)C(=O)NCc1cn2cccc(C)c2n1.Cl. The molecular weight excluding hydrogens is 276 g/mol. The van der Waals surface area contributed by atoms with E-state index < -0.39 is 6.04 Å². The Kier molecular flexibility index (Phi) is 5.98. The van der Waals surface area contributed by atoms with Crippen LogP contribution in [0.25, 0.3) is 5.65 Å². The zero-order valence-electron chi connectivity index (χ0n) is 11.8. The van der Waals surface area contributed by atoms with Crippen LogP contribution in [0.2, 0.25) is 0 Å². The summed E-state index contributed by atoms with van der Waals surface area (Å²) in [6, 6.07) is 3.56. The fourth-order valence-corrected chi connectivity index (χ4v) is 2.04. The number of nitrogens with two attached hydrogens (primary N) is 1. The van der Waals surface area contributed by atoms with Gasteiger partial charge in [0.1, 0.15) is 5.65 Å². The van der Waals surface area contributed by atoms with Crippen molar-refractivity contribution in [3.8, 4) is 0 Å². The number of halogens is 1. The smallest absolute Gasteiger partial charge is 0.237 e. The van der Waals surface area contributed by atoms with E-state index in [2.05, 4.69) is 10.3 Å². The molecule has 3 N–H and O–H groups in total. The Balaban J connectivity index is 0.00000200. The van der Waals surface area contributed by atoms with E-state index in [-0.39, 0.29) is 18.3 Å². The van der Waals surface area contributed by atoms with Gasteiger partial charge in [-0.2, -0.15) is 0 Å². The third kappa shape index (κ3) is 3.71. The summed E-state index contributed by atoms with van der Waals surface area (Å²) in [4.78, 5) is 16.2. The fourth-order valence-electron chi connectivity index (χ4n) is 2.04. The van der Waals surface area contributed by atoms with E-state index >= 15 is 0 Å². The lowest BCUT2D eigenvalue weighted by Gasteiger charge is -2.09. The van der Waals surface area contributed by atoms with Crippen LogP contribution in [-0.2, 0) is 11.3 Å². The zero-order chi connectivity index (χ0) is 13.8. The maximum atomic E-state index is 11.7. The Hall–Kier alpha value is -1.59. The van der Waals surface area contributed by atoms with Crippen molar-refractivity contribution in [2.45, 2.75) is 39.3 Å². The predicted molar refractivity (Wildman–Crippen MR) is 81.9 cm³/mol. The van der Waals surface area contributed by atoms with Crippen molar-refractivity contribution in [3.05, 3.63) is 35.8 Å². The van der Waals surface area contributed by atoms with Crippen molar-refractivity contribution in [1.29, 1.82) is 0 Å². The molecule has 0 aliphatic heterocycles. The molecule has 2 heterocycles. The number of hydrogen-bond donors (Lipinski definition) is 2. The first-order chi connectivity index (χ1) is 9.11. The highest BCUT2D eigenvalue weighted by Crippen LogP contribution is 2.09. The normalized spacial score (nSPS) is 11.9. The van der Waals surface area contributed by atoms with Gasteiger partial charge in [0, 0.05) is 12.4 Å². The van der Waals surface area contributed by atoms with Crippen molar-refractivity contribution in [2.75, 3.05) is 0 Å². The molecule has 5 nitrogen and oxygen atoms in total. The molecule has 110 valence electrons. The second kappa shape index (κ2) is 7.26. The van der Waals surface area contributed by atoms with Gasteiger partial charge in [0.25, 0.3) is 0 Å². The van der Waals surface area contributed by atoms with Gasteiger partial charge in [0.05, 0.1) is 18.3 Å². The van der Waals surface area contributed by atoms with Crippen LogP contribution in [0, 0.1) is 6.92 Å². The molecule has 0 bridgehead atoms. The Morgan fingerprint density at radius 3 is 2.95 bits per heavy atom. The van der Waals surface area contributed by atoms with Crippen LogP contribution < -0.4 is 11.1 Å². The monoisotopic (exact) mass is 296 g/mol. The standard InChI is InChI=1S/C14H20N4O.ClH/c1-3-5-12(15)14(19)16-8-11-9-18-7-4-6-10(2)13(18)17-11;/h4,6-7,9,12H,3,5,8,15H2,1-2H3,(H,16,19);1H. The molecule has 6 heteroatoms. The maximum absolute atomic E-state index is 11.7. The van der Waals surface area contributed by atoms with Crippen LogP contribution in [0.5, 0.6) is 0 Å². The molecule has 20 heavy (non-hydrogen) atoms. The number of amides is 1. The van der Waals surface area contributed by atoms with E-state index in [4.69, 9.17) is 5.73 Å². The molecule has 0 spiro atoms. The summed E-state index contributed by atoms with van der Waals surface area (Å²) in [6.45, 7) is 4.44. The van der Waals surface area contributed by atoms with Gasteiger partial charge in [-0.3, -0.25) is 4.79 Å². The summed E-state index contributed by atoms with van der Waals surface area (Å²) in [5, 5.41) is 2.82. The number of hydrogen-bond acceptors (Lipinski definition) is 3. The Bertz CT molecular complexity index is 582. The largest absolute Gasteiger partial charge is 0.349 e. The molecular formula is C14H21ClN4O. The molecule has 2 aromatic heterocycles. The average Bonchev–Trinajstić information content (AvgIpc) is 2.80. The van der Waals surface area contributed by atoms with E-state index in [0.29, 0.717) is 13.0 Å². The second-order valence-corrected chi connectivity index (χ2v) is 4.77. The summed E-state index contributed by atoms with van der Waals surface area (Å²) in [5.74, 6) is -0.115. The fraction of sp³-hybridized carbons (Fsp3) is 0.429. The molecule has 0 saturated carbocycles. The number of aromatic nitrogens is 2. The van der Waals surface area contributed by atoms with Gasteiger partial charge >= 0.3 is 0 Å². The first kappa shape index (κ1) is 16.5. The Morgan fingerprint density at radius 1 is 1.55 bits per heavy atom. The minimum atomic E-state index is -0.427. The zero-order valence-corrected chi connectivity index (χ0v) is 12.6. The minimum Gasteiger partial charge on any atom is -0.349 e. The second-order valence-electron chi connectivity index (χ2n) is 4.77. The molecule has 2 rings (SSSR count). The highest BCUT2D eigenvalue weighted by molar-refractivity contribution is 5.85. The number of nitrogens with one attached hydrogen (secondary N) is 1. The van der Waals surface area contributed by atoms with E-state index in [0.717, 1.165) is 23.3 Å². The molecule has 0 radical (unpaired) electrons. The first-order valence-electron chi connectivity index (χ1n) is 6.58. The topological polar surface area (TPSA) is 72.4 Å². The minimum absolute atomic E-state index is 0. The highest BCUT2D eigenvalue weighted by atomic mass is 35.5. The quantitative estimate of drug-likeness (QED) is 0.884. The molecule has 0 saturated heterocycles. The molecule has 0 aliphatic rings. The average molecular weight is 297 g/mol. The van der Waals surface area contributed by atoms with Crippen molar-refractivity contribution in [2.24, 2.45) is 5.73 Å². The number of carbonyl (C=O) groups is 1. The molecule has 0 fully saturated rings. The van der Waals surface area contributed by atoms with Crippen molar-refractivity contribution in [3.63, 3.8) is 0 Å². The lowest BCUT2D eigenvalue weighted by atomic mass is 10.2. The molecule has 1 unspecified atom stereocenters. The van der Waals surface area contributed by atoms with Crippen LogP contribution in [0.1, 0.15) is 31.0 Å². The van der Waals surface area contributed by atoms with E-state index in [1.165, 1.54) is 0 Å². The number of nitrogens with zero attached hydrogens (tertiary/aromatic N) is 2. The van der Waals surface area contributed by atoms with Gasteiger partial charge in [-0.15, -0.1) is 12.4 Å². The van der Waals surface area contributed by atoms with Gasteiger partial charge in [-0.1, -0.05) is 19.4 Å². The first-order valence-corrected chi connectivity index (χ1v) is 6.58. The van der Waals surface area contributed by atoms with E-state index in [1.807, 2.05) is 42.8 Å². The van der Waals surface area contributed by atoms with E-state index in [1.54, 1.807) is 0 Å². The Morgan fingerprint density at radius 2 is 2.30 bits per heavy atom. The summed E-state index contributed by atoms with van der Waals surface area (Å²) < 4.78 is 1.96. The lowest BCUT2D eigenvalue weighted by Crippen LogP contribution is -2.40. The van der Waals surface area contributed by atoms with Crippen molar-refractivity contribution in [1.82, 2.24) is 14.7 Å². The van der Waals surface area contributed by atoms with Crippen molar-refractivity contribution < 1.29 is 4.79 Å². The summed E-state index contributed by atoms with van der Waals surface area (Å²) in [7, 11) is 0. The Labute approximate surface area is 125 Å². The summed E-state index contributed by atoms with van der Waals surface area (Å²) in [6.07, 6.45) is 5.48. The predicted octanol–water partition coefficient (Wildman–Crippen LogP) is 1.81. The number of fused-ring (bicyclic) bond motifs is 1. The summed E-state index contributed by atoms with van der Waals surface area (Å²) >= 11 is 0. The van der Waals surface area contributed by atoms with Crippen LogP contribution in [0.15, 0.2) is 24.5 Å². The van der Waals surface area contributed by atoms with Gasteiger partial charge in [0.15, 0.2) is 0 Å². The van der Waals surface area contributed by atoms with Crippen molar-refractivity contribution >= 4 is 24.0 Å². The maximum Gasteiger partial charge on any atom is 0.237 e.